The minimum absolute atomic E-state index is 0.0605. The molecule has 0 spiro atoms. The number of carbonyl (C=O) groups is 2. The first kappa shape index (κ1) is 21.4. The highest BCUT2D eigenvalue weighted by molar-refractivity contribution is 7.18. The minimum Gasteiger partial charge on any atom is -0.326 e. The maximum Gasteiger partial charge on any atom is 0.263 e. The average molecular weight is 439 g/mol. The van der Waals surface area contributed by atoms with Crippen LogP contribution in [-0.2, 0) is 30.7 Å². The van der Waals surface area contributed by atoms with Crippen LogP contribution in [0.15, 0.2) is 29.1 Å². The van der Waals surface area contributed by atoms with E-state index in [2.05, 4.69) is 5.32 Å². The number of carbonyl (C=O) groups excluding carboxylic acids is 2. The summed E-state index contributed by atoms with van der Waals surface area (Å²) in [4.78, 5) is 46.5. The molecular weight excluding hydrogens is 412 g/mol. The molecule has 1 aliphatic carbocycles. The first-order valence-corrected chi connectivity index (χ1v) is 11.2. The van der Waals surface area contributed by atoms with Gasteiger partial charge >= 0.3 is 0 Å². The van der Waals surface area contributed by atoms with Crippen molar-refractivity contribution in [3.8, 4) is 0 Å². The summed E-state index contributed by atoms with van der Waals surface area (Å²) in [6, 6.07) is 6.72. The van der Waals surface area contributed by atoms with Crippen molar-refractivity contribution in [2.45, 2.75) is 45.7 Å². The number of fused-ring (bicyclic) bond motifs is 3. The van der Waals surface area contributed by atoms with E-state index in [0.29, 0.717) is 29.0 Å². The van der Waals surface area contributed by atoms with Gasteiger partial charge in [0, 0.05) is 23.1 Å². The van der Waals surface area contributed by atoms with Gasteiger partial charge in [0.05, 0.1) is 18.5 Å². The van der Waals surface area contributed by atoms with Crippen LogP contribution < -0.4 is 10.9 Å². The minimum atomic E-state index is -0.169. The van der Waals surface area contributed by atoms with Gasteiger partial charge in [-0.2, -0.15) is 0 Å². The van der Waals surface area contributed by atoms with Gasteiger partial charge in [-0.05, 0) is 69.6 Å². The second kappa shape index (κ2) is 8.72. The van der Waals surface area contributed by atoms with E-state index in [9.17, 15) is 14.4 Å². The quantitative estimate of drug-likeness (QED) is 0.598. The molecule has 0 fully saturated rings. The standard InChI is InChI=1S/C23H26N4O3S/c1-14(28)24-16-10-8-15(9-11-16)18(29)12-27-20(13-26(2)3)25-22-21(23(27)30)17-6-4-5-7-19(17)31-22/h8-11H,4-7,12-13H2,1-3H3,(H,24,28). The van der Waals surface area contributed by atoms with Crippen LogP contribution in [0.25, 0.3) is 10.2 Å². The molecule has 0 aliphatic heterocycles. The summed E-state index contributed by atoms with van der Waals surface area (Å²) in [6.07, 6.45) is 4.12. The maximum atomic E-state index is 13.5. The zero-order valence-corrected chi connectivity index (χ0v) is 18.8. The Hall–Kier alpha value is -2.84. The van der Waals surface area contributed by atoms with Crippen molar-refractivity contribution in [2.24, 2.45) is 0 Å². The van der Waals surface area contributed by atoms with E-state index in [1.165, 1.54) is 16.4 Å². The maximum absolute atomic E-state index is 13.5. The summed E-state index contributed by atoms with van der Waals surface area (Å²) in [5.41, 5.74) is 2.12. The zero-order chi connectivity index (χ0) is 22.1. The van der Waals surface area contributed by atoms with E-state index in [1.807, 2.05) is 19.0 Å². The van der Waals surface area contributed by atoms with Crippen molar-refractivity contribution in [1.82, 2.24) is 14.5 Å². The SMILES string of the molecule is CC(=O)Nc1ccc(C(=O)Cn2c(CN(C)C)nc3sc4c(c3c2=O)CCCC4)cc1. The highest BCUT2D eigenvalue weighted by Gasteiger charge is 2.23. The summed E-state index contributed by atoms with van der Waals surface area (Å²) >= 11 is 1.62. The van der Waals surface area contributed by atoms with Gasteiger partial charge in [-0.25, -0.2) is 4.98 Å². The number of benzene rings is 1. The Morgan fingerprint density at radius 1 is 1.16 bits per heavy atom. The van der Waals surface area contributed by atoms with Crippen LogP contribution in [0.4, 0.5) is 5.69 Å². The second-order valence-corrected chi connectivity index (χ2v) is 9.31. The third kappa shape index (κ3) is 4.45. The van der Waals surface area contributed by atoms with Gasteiger partial charge in [-0.3, -0.25) is 19.0 Å². The van der Waals surface area contributed by atoms with Crippen LogP contribution in [0.5, 0.6) is 0 Å². The Labute approximate surface area is 184 Å². The van der Waals surface area contributed by atoms with E-state index in [-0.39, 0.29) is 23.8 Å². The molecule has 1 N–H and O–H groups in total. The molecule has 7 nitrogen and oxygen atoms in total. The summed E-state index contributed by atoms with van der Waals surface area (Å²) in [5, 5.41) is 3.38. The number of aromatic nitrogens is 2. The van der Waals surface area contributed by atoms with Crippen LogP contribution in [0.1, 0.15) is 46.4 Å². The number of rotatable bonds is 6. The first-order chi connectivity index (χ1) is 14.8. The number of nitrogens with zero attached hydrogens (tertiary/aromatic N) is 3. The van der Waals surface area contributed by atoms with E-state index < -0.39 is 0 Å². The van der Waals surface area contributed by atoms with Crippen molar-refractivity contribution >= 4 is 38.9 Å². The van der Waals surface area contributed by atoms with E-state index >= 15 is 0 Å². The van der Waals surface area contributed by atoms with Crippen LogP contribution in [0.3, 0.4) is 0 Å². The van der Waals surface area contributed by atoms with Gasteiger partial charge in [0.1, 0.15) is 10.7 Å². The molecule has 3 aromatic rings. The smallest absolute Gasteiger partial charge is 0.263 e. The van der Waals surface area contributed by atoms with Gasteiger partial charge in [0.2, 0.25) is 5.91 Å². The lowest BCUT2D eigenvalue weighted by Crippen LogP contribution is -2.31. The molecule has 0 radical (unpaired) electrons. The number of hydrogen-bond donors (Lipinski definition) is 1. The van der Waals surface area contributed by atoms with E-state index in [1.54, 1.807) is 35.6 Å². The third-order valence-corrected chi connectivity index (χ3v) is 6.63. The molecule has 0 saturated carbocycles. The monoisotopic (exact) mass is 438 g/mol. The van der Waals surface area contributed by atoms with E-state index in [0.717, 1.165) is 36.1 Å². The lowest BCUT2D eigenvalue weighted by atomic mass is 9.97. The Kier molecular flexibility index (Phi) is 6.02. The fourth-order valence-electron chi connectivity index (χ4n) is 4.02. The summed E-state index contributed by atoms with van der Waals surface area (Å²) in [6.45, 7) is 1.85. The zero-order valence-electron chi connectivity index (χ0n) is 18.0. The van der Waals surface area contributed by atoms with Crippen molar-refractivity contribution in [2.75, 3.05) is 19.4 Å². The molecule has 1 amide bonds. The Morgan fingerprint density at radius 2 is 1.87 bits per heavy atom. The number of ketones is 1. The molecule has 1 aromatic carbocycles. The van der Waals surface area contributed by atoms with E-state index in [4.69, 9.17) is 4.98 Å². The Morgan fingerprint density at radius 3 is 2.55 bits per heavy atom. The fourth-order valence-corrected chi connectivity index (χ4v) is 5.30. The molecule has 162 valence electrons. The number of anilines is 1. The summed E-state index contributed by atoms with van der Waals surface area (Å²) in [7, 11) is 3.84. The molecule has 2 heterocycles. The fraction of sp³-hybridized carbons (Fsp3) is 0.391. The first-order valence-electron chi connectivity index (χ1n) is 10.4. The van der Waals surface area contributed by atoms with Crippen LogP contribution in [-0.4, -0.2) is 40.2 Å². The number of nitrogens with one attached hydrogen (secondary N) is 1. The molecule has 0 saturated heterocycles. The normalized spacial score (nSPS) is 13.4. The lowest BCUT2D eigenvalue weighted by molar-refractivity contribution is -0.114. The van der Waals surface area contributed by atoms with Crippen LogP contribution in [0, 0.1) is 0 Å². The third-order valence-electron chi connectivity index (χ3n) is 5.44. The highest BCUT2D eigenvalue weighted by Crippen LogP contribution is 2.33. The molecule has 31 heavy (non-hydrogen) atoms. The molecule has 0 unspecified atom stereocenters. The Bertz CT molecular complexity index is 1210. The average Bonchev–Trinajstić information content (AvgIpc) is 3.08. The molecule has 0 atom stereocenters. The molecule has 8 heteroatoms. The van der Waals surface area contributed by atoms with Crippen molar-refractivity contribution in [1.29, 1.82) is 0 Å². The second-order valence-electron chi connectivity index (χ2n) is 8.23. The van der Waals surface area contributed by atoms with Gasteiger partial charge in [0.15, 0.2) is 5.78 Å². The van der Waals surface area contributed by atoms with Gasteiger partial charge in [0.25, 0.3) is 5.56 Å². The molecule has 1 aliphatic rings. The topological polar surface area (TPSA) is 84.3 Å². The number of aryl methyl sites for hydroxylation is 2. The van der Waals surface area contributed by atoms with Gasteiger partial charge < -0.3 is 10.2 Å². The number of hydrogen-bond acceptors (Lipinski definition) is 6. The van der Waals surface area contributed by atoms with Gasteiger partial charge in [-0.15, -0.1) is 11.3 Å². The summed E-state index contributed by atoms with van der Waals surface area (Å²) in [5.74, 6) is 0.267. The number of Topliss-reactive ketones (excluding diaryl/α,β-unsaturated/α-hetero) is 1. The Balaban J connectivity index is 1.72. The molecule has 0 bridgehead atoms. The van der Waals surface area contributed by atoms with Crippen molar-refractivity contribution in [3.05, 3.63) is 56.4 Å². The molecule has 2 aromatic heterocycles. The number of thiophene rings is 1. The largest absolute Gasteiger partial charge is 0.326 e. The van der Waals surface area contributed by atoms with Gasteiger partial charge in [-0.1, -0.05) is 0 Å². The molecular formula is C23H26N4O3S. The lowest BCUT2D eigenvalue weighted by Gasteiger charge is -2.16. The summed E-state index contributed by atoms with van der Waals surface area (Å²) < 4.78 is 1.54. The number of amides is 1. The highest BCUT2D eigenvalue weighted by atomic mass is 32.1. The predicted molar refractivity (Wildman–Crippen MR) is 123 cm³/mol. The van der Waals surface area contributed by atoms with Crippen LogP contribution >= 0.6 is 11.3 Å². The predicted octanol–water partition coefficient (Wildman–Crippen LogP) is 3.24. The van der Waals surface area contributed by atoms with Crippen LogP contribution in [0.2, 0.25) is 0 Å². The van der Waals surface area contributed by atoms with Crippen molar-refractivity contribution in [3.63, 3.8) is 0 Å². The van der Waals surface area contributed by atoms with Crippen molar-refractivity contribution < 1.29 is 9.59 Å². The molecule has 4 rings (SSSR count).